The number of nitrogens with one attached hydrogen (secondary N) is 1. The van der Waals surface area contributed by atoms with Crippen molar-refractivity contribution < 1.29 is 23.8 Å². The zero-order valence-corrected chi connectivity index (χ0v) is 17.5. The van der Waals surface area contributed by atoms with E-state index in [0.29, 0.717) is 34.9 Å². The van der Waals surface area contributed by atoms with Crippen LogP contribution in [0, 0.1) is 0 Å². The standard InChI is InChI=1S/C22H25N3O5/c1-14(15-7-5-8-17(11-15)25-10-6-9-20(25)26)23-24-22(27)16-12-18(28-2)21(30-4)19(13-16)29-3/h5,7-8,11-13H,6,9-10H2,1-4H3,(H,24,27)/b23-14-. The van der Waals surface area contributed by atoms with Crippen LogP contribution in [-0.2, 0) is 4.79 Å². The summed E-state index contributed by atoms with van der Waals surface area (Å²) in [5.74, 6) is 0.873. The van der Waals surface area contributed by atoms with Crippen molar-refractivity contribution in [2.45, 2.75) is 19.8 Å². The number of hydrogen-bond donors (Lipinski definition) is 1. The molecule has 0 atom stereocenters. The van der Waals surface area contributed by atoms with E-state index in [2.05, 4.69) is 10.5 Å². The molecule has 1 fully saturated rings. The summed E-state index contributed by atoms with van der Waals surface area (Å²) < 4.78 is 15.8. The Morgan fingerprint density at radius 1 is 1.03 bits per heavy atom. The maximum Gasteiger partial charge on any atom is 0.271 e. The van der Waals surface area contributed by atoms with E-state index in [4.69, 9.17) is 14.2 Å². The van der Waals surface area contributed by atoms with Crippen LogP contribution in [-0.4, -0.2) is 45.4 Å². The topological polar surface area (TPSA) is 89.5 Å². The third-order valence-corrected chi connectivity index (χ3v) is 4.90. The highest BCUT2D eigenvalue weighted by atomic mass is 16.5. The molecule has 3 rings (SSSR count). The largest absolute Gasteiger partial charge is 0.493 e. The van der Waals surface area contributed by atoms with Crippen LogP contribution in [0.1, 0.15) is 35.7 Å². The first-order chi connectivity index (χ1) is 14.5. The monoisotopic (exact) mass is 411 g/mol. The molecule has 1 N–H and O–H groups in total. The Morgan fingerprint density at radius 2 is 1.73 bits per heavy atom. The molecule has 1 heterocycles. The third-order valence-electron chi connectivity index (χ3n) is 4.90. The third kappa shape index (κ3) is 4.37. The molecule has 0 radical (unpaired) electrons. The van der Waals surface area contributed by atoms with Crippen LogP contribution in [0.5, 0.6) is 17.2 Å². The van der Waals surface area contributed by atoms with Gasteiger partial charge in [-0.25, -0.2) is 5.43 Å². The number of rotatable bonds is 7. The van der Waals surface area contributed by atoms with E-state index in [0.717, 1.165) is 24.2 Å². The lowest BCUT2D eigenvalue weighted by Crippen LogP contribution is -2.24. The molecule has 0 spiro atoms. The van der Waals surface area contributed by atoms with Crippen LogP contribution in [0.15, 0.2) is 41.5 Å². The average Bonchev–Trinajstić information content (AvgIpc) is 3.21. The summed E-state index contributed by atoms with van der Waals surface area (Å²) in [5.41, 5.74) is 5.13. The molecule has 8 heteroatoms. The molecule has 158 valence electrons. The van der Waals surface area contributed by atoms with Crippen molar-refractivity contribution in [2.24, 2.45) is 5.10 Å². The summed E-state index contributed by atoms with van der Waals surface area (Å²) in [6, 6.07) is 10.7. The number of benzene rings is 2. The lowest BCUT2D eigenvalue weighted by atomic mass is 10.1. The molecule has 0 aliphatic carbocycles. The van der Waals surface area contributed by atoms with E-state index >= 15 is 0 Å². The first kappa shape index (κ1) is 21.2. The molecule has 1 saturated heterocycles. The Balaban J connectivity index is 1.79. The van der Waals surface area contributed by atoms with Crippen LogP contribution in [0.3, 0.4) is 0 Å². The van der Waals surface area contributed by atoms with Gasteiger partial charge in [-0.2, -0.15) is 5.10 Å². The van der Waals surface area contributed by atoms with Crippen LogP contribution < -0.4 is 24.5 Å². The van der Waals surface area contributed by atoms with Gasteiger partial charge < -0.3 is 19.1 Å². The highest BCUT2D eigenvalue weighted by Crippen LogP contribution is 2.38. The summed E-state index contributed by atoms with van der Waals surface area (Å²) >= 11 is 0. The molecule has 1 aliphatic heterocycles. The minimum atomic E-state index is -0.417. The zero-order chi connectivity index (χ0) is 21.7. The van der Waals surface area contributed by atoms with Gasteiger partial charge in [-0.15, -0.1) is 0 Å². The summed E-state index contributed by atoms with van der Waals surface area (Å²) in [4.78, 5) is 26.4. The smallest absolute Gasteiger partial charge is 0.271 e. The fourth-order valence-electron chi connectivity index (χ4n) is 3.30. The molecular weight excluding hydrogens is 386 g/mol. The van der Waals surface area contributed by atoms with Crippen molar-refractivity contribution in [1.82, 2.24) is 5.43 Å². The fraction of sp³-hybridized carbons (Fsp3) is 0.318. The van der Waals surface area contributed by atoms with Crippen molar-refractivity contribution in [1.29, 1.82) is 0 Å². The molecule has 2 aromatic rings. The van der Waals surface area contributed by atoms with E-state index in [1.165, 1.54) is 21.3 Å². The summed E-state index contributed by atoms with van der Waals surface area (Å²) in [6.45, 7) is 2.51. The van der Waals surface area contributed by atoms with Gasteiger partial charge in [-0.05, 0) is 43.2 Å². The second-order valence-corrected chi connectivity index (χ2v) is 6.75. The van der Waals surface area contributed by atoms with Gasteiger partial charge in [0.05, 0.1) is 27.0 Å². The average molecular weight is 411 g/mol. The second-order valence-electron chi connectivity index (χ2n) is 6.75. The first-order valence-corrected chi connectivity index (χ1v) is 9.54. The summed E-state index contributed by atoms with van der Waals surface area (Å²) in [7, 11) is 4.47. The van der Waals surface area contributed by atoms with E-state index in [1.54, 1.807) is 24.0 Å². The summed E-state index contributed by atoms with van der Waals surface area (Å²) in [6.07, 6.45) is 1.43. The van der Waals surface area contributed by atoms with Crippen LogP contribution in [0.25, 0.3) is 0 Å². The summed E-state index contributed by atoms with van der Waals surface area (Å²) in [5, 5.41) is 4.21. The minimum absolute atomic E-state index is 0.123. The molecule has 2 aromatic carbocycles. The number of ether oxygens (including phenoxy) is 3. The quantitative estimate of drug-likeness (QED) is 0.559. The SMILES string of the molecule is COc1cc(C(=O)N/N=C(/C)c2cccc(N3CCCC3=O)c2)cc(OC)c1OC. The number of anilines is 1. The molecule has 2 amide bonds. The molecule has 0 saturated carbocycles. The van der Waals surface area contributed by atoms with Crippen molar-refractivity contribution in [3.63, 3.8) is 0 Å². The van der Waals surface area contributed by atoms with E-state index in [9.17, 15) is 9.59 Å². The van der Waals surface area contributed by atoms with Crippen molar-refractivity contribution in [3.05, 3.63) is 47.5 Å². The lowest BCUT2D eigenvalue weighted by molar-refractivity contribution is -0.117. The minimum Gasteiger partial charge on any atom is -0.493 e. The maximum atomic E-state index is 12.6. The van der Waals surface area contributed by atoms with Gasteiger partial charge in [0.1, 0.15) is 0 Å². The van der Waals surface area contributed by atoms with Gasteiger partial charge in [-0.1, -0.05) is 12.1 Å². The Hall–Kier alpha value is -3.55. The number of methoxy groups -OCH3 is 3. The predicted octanol–water partition coefficient (Wildman–Crippen LogP) is 2.99. The van der Waals surface area contributed by atoms with E-state index < -0.39 is 5.91 Å². The number of hydrazone groups is 1. The normalized spacial score (nSPS) is 13.9. The Morgan fingerprint density at radius 3 is 2.30 bits per heavy atom. The molecule has 0 aromatic heterocycles. The highest BCUT2D eigenvalue weighted by molar-refractivity contribution is 6.03. The van der Waals surface area contributed by atoms with Crippen molar-refractivity contribution in [3.8, 4) is 17.2 Å². The Kier molecular flexibility index (Phi) is 6.56. The second kappa shape index (κ2) is 9.30. The highest BCUT2D eigenvalue weighted by Gasteiger charge is 2.22. The lowest BCUT2D eigenvalue weighted by Gasteiger charge is -2.16. The van der Waals surface area contributed by atoms with Gasteiger partial charge >= 0.3 is 0 Å². The maximum absolute atomic E-state index is 12.6. The van der Waals surface area contributed by atoms with Crippen LogP contribution in [0.4, 0.5) is 5.69 Å². The molecule has 8 nitrogen and oxygen atoms in total. The zero-order valence-electron chi connectivity index (χ0n) is 17.5. The van der Waals surface area contributed by atoms with Crippen molar-refractivity contribution in [2.75, 3.05) is 32.8 Å². The molecule has 0 unspecified atom stereocenters. The molecule has 30 heavy (non-hydrogen) atoms. The van der Waals surface area contributed by atoms with Gasteiger partial charge in [0, 0.05) is 24.2 Å². The number of carbonyl (C=O) groups excluding carboxylic acids is 2. The number of carbonyl (C=O) groups is 2. The number of hydrogen-bond acceptors (Lipinski definition) is 6. The van der Waals surface area contributed by atoms with E-state index in [1.807, 2.05) is 24.3 Å². The van der Waals surface area contributed by atoms with Crippen LogP contribution in [0.2, 0.25) is 0 Å². The fourth-order valence-corrected chi connectivity index (χ4v) is 3.30. The Labute approximate surface area is 175 Å². The Bertz CT molecular complexity index is 961. The van der Waals surface area contributed by atoms with Gasteiger partial charge in [0.2, 0.25) is 11.7 Å². The van der Waals surface area contributed by atoms with Gasteiger partial charge in [0.25, 0.3) is 5.91 Å². The predicted molar refractivity (Wildman–Crippen MR) is 114 cm³/mol. The molecule has 1 aliphatic rings. The van der Waals surface area contributed by atoms with E-state index in [-0.39, 0.29) is 5.91 Å². The van der Waals surface area contributed by atoms with Gasteiger partial charge in [-0.3, -0.25) is 9.59 Å². The molecular formula is C22H25N3O5. The van der Waals surface area contributed by atoms with Crippen molar-refractivity contribution >= 4 is 23.2 Å². The van der Waals surface area contributed by atoms with Crippen LogP contribution >= 0.6 is 0 Å². The molecule has 0 bridgehead atoms. The number of amides is 2. The van der Waals surface area contributed by atoms with Gasteiger partial charge in [0.15, 0.2) is 11.5 Å². The number of nitrogens with zero attached hydrogens (tertiary/aromatic N) is 2. The first-order valence-electron chi connectivity index (χ1n) is 9.54.